The number of pyridine rings is 1. The molecule has 0 aromatic carbocycles. The summed E-state index contributed by atoms with van der Waals surface area (Å²) in [5.74, 6) is 0.764. The highest BCUT2D eigenvalue weighted by molar-refractivity contribution is 5.09. The third-order valence-corrected chi connectivity index (χ3v) is 6.24. The van der Waals surface area contributed by atoms with E-state index < -0.39 is 0 Å². The Balaban J connectivity index is 1.38. The number of H-pyrrole nitrogens is 1. The average molecular weight is 368 g/mol. The molecule has 3 heterocycles. The number of aromatic nitrogens is 3. The summed E-state index contributed by atoms with van der Waals surface area (Å²) in [7, 11) is 0. The summed E-state index contributed by atoms with van der Waals surface area (Å²) in [5, 5.41) is 7.26. The molecule has 2 fully saturated rings. The molecule has 0 radical (unpaired) electrons. The quantitative estimate of drug-likeness (QED) is 0.807. The Hall–Kier alpha value is -1.72. The normalized spacial score (nSPS) is 22.3. The van der Waals surface area contributed by atoms with Crippen LogP contribution in [0.15, 0.2) is 36.8 Å². The van der Waals surface area contributed by atoms with E-state index in [4.69, 9.17) is 0 Å². The predicted octanol–water partition coefficient (Wildman–Crippen LogP) is 3.85. The molecule has 1 saturated heterocycles. The molecule has 0 bridgehead atoms. The summed E-state index contributed by atoms with van der Waals surface area (Å²) in [6.45, 7) is 5.61. The molecule has 27 heavy (non-hydrogen) atoms. The van der Waals surface area contributed by atoms with Crippen LogP contribution in [0.5, 0.6) is 0 Å². The maximum atomic E-state index is 4.30. The fraction of sp³-hybridized carbons (Fsp3) is 0.636. The number of hydrogen-bond acceptors (Lipinski definition) is 4. The molecule has 1 saturated carbocycles. The molecule has 2 aromatic heterocycles. The highest BCUT2D eigenvalue weighted by Crippen LogP contribution is 2.28. The molecular weight excluding hydrogens is 334 g/mol. The van der Waals surface area contributed by atoms with Gasteiger partial charge in [0.05, 0.1) is 0 Å². The maximum Gasteiger partial charge on any atom is 0.0492 e. The maximum absolute atomic E-state index is 4.30. The molecule has 5 nitrogen and oxygen atoms in total. The average Bonchev–Trinajstić information content (AvgIpc) is 3.23. The summed E-state index contributed by atoms with van der Waals surface area (Å²) in [4.78, 5) is 9.68. The van der Waals surface area contributed by atoms with Gasteiger partial charge in [-0.2, -0.15) is 5.10 Å². The van der Waals surface area contributed by atoms with Crippen LogP contribution in [0.4, 0.5) is 0 Å². The van der Waals surface area contributed by atoms with Crippen molar-refractivity contribution in [1.82, 2.24) is 25.0 Å². The Kier molecular flexibility index (Phi) is 6.53. The van der Waals surface area contributed by atoms with E-state index in [-0.39, 0.29) is 0 Å². The lowest BCUT2D eigenvalue weighted by molar-refractivity contribution is 0.0768. The molecule has 0 amide bonds. The third kappa shape index (κ3) is 5.39. The minimum atomic E-state index is 0.764. The van der Waals surface area contributed by atoms with Gasteiger partial charge in [0.1, 0.15) is 0 Å². The standard InChI is InChI=1S/C22H33N5/c1-2-8-22(9-3-1)27-13-5-7-20(17-27)16-26(18-21-10-12-24-25-21)15-19-6-4-11-23-14-19/h4,6,10-12,14,20,22H,1-3,5,7-9,13,15-18H2,(H,24,25)/t20-/m1/s1. The van der Waals surface area contributed by atoms with Gasteiger partial charge in [0.25, 0.3) is 0 Å². The molecule has 4 rings (SSSR count). The molecule has 1 N–H and O–H groups in total. The summed E-state index contributed by atoms with van der Waals surface area (Å²) in [6, 6.07) is 7.16. The zero-order chi connectivity index (χ0) is 18.3. The van der Waals surface area contributed by atoms with Gasteiger partial charge in [-0.15, -0.1) is 0 Å². The van der Waals surface area contributed by atoms with Gasteiger partial charge in [0.15, 0.2) is 0 Å². The van der Waals surface area contributed by atoms with E-state index in [1.165, 1.54) is 69.3 Å². The van der Waals surface area contributed by atoms with Crippen molar-refractivity contribution in [3.05, 3.63) is 48.0 Å². The van der Waals surface area contributed by atoms with Crippen LogP contribution >= 0.6 is 0 Å². The van der Waals surface area contributed by atoms with Crippen LogP contribution in [0.1, 0.15) is 56.2 Å². The van der Waals surface area contributed by atoms with E-state index in [0.29, 0.717) is 0 Å². The van der Waals surface area contributed by atoms with E-state index in [1.54, 1.807) is 0 Å². The Morgan fingerprint density at radius 3 is 2.74 bits per heavy atom. The minimum Gasteiger partial charge on any atom is -0.300 e. The molecule has 5 heteroatoms. The van der Waals surface area contributed by atoms with Crippen LogP contribution < -0.4 is 0 Å². The van der Waals surface area contributed by atoms with Crippen LogP contribution in [0.2, 0.25) is 0 Å². The number of likely N-dealkylation sites (tertiary alicyclic amines) is 1. The molecule has 2 aromatic rings. The topological polar surface area (TPSA) is 48.1 Å². The van der Waals surface area contributed by atoms with Crippen LogP contribution in [-0.4, -0.2) is 50.7 Å². The number of piperidine rings is 1. The van der Waals surface area contributed by atoms with E-state index in [0.717, 1.165) is 31.6 Å². The number of aromatic amines is 1. The summed E-state index contributed by atoms with van der Waals surface area (Å²) >= 11 is 0. The Labute approximate surface area is 163 Å². The molecule has 2 aliphatic rings. The lowest BCUT2D eigenvalue weighted by Crippen LogP contribution is -2.46. The van der Waals surface area contributed by atoms with Crippen LogP contribution in [0, 0.1) is 5.92 Å². The lowest BCUT2D eigenvalue weighted by atomic mass is 9.90. The molecule has 0 spiro atoms. The first-order valence-corrected chi connectivity index (χ1v) is 10.7. The summed E-state index contributed by atoms with van der Waals surface area (Å²) < 4.78 is 0. The first kappa shape index (κ1) is 18.6. The van der Waals surface area contributed by atoms with Crippen molar-refractivity contribution in [3.8, 4) is 0 Å². The highest BCUT2D eigenvalue weighted by Gasteiger charge is 2.28. The van der Waals surface area contributed by atoms with E-state index in [1.807, 2.05) is 24.7 Å². The summed E-state index contributed by atoms with van der Waals surface area (Å²) in [6.07, 6.45) is 15.5. The van der Waals surface area contributed by atoms with Gasteiger partial charge in [-0.25, -0.2) is 0 Å². The molecular formula is C22H33N5. The van der Waals surface area contributed by atoms with E-state index >= 15 is 0 Å². The van der Waals surface area contributed by atoms with Crippen LogP contribution in [0.3, 0.4) is 0 Å². The third-order valence-electron chi connectivity index (χ3n) is 6.24. The van der Waals surface area contributed by atoms with Crippen molar-refractivity contribution >= 4 is 0 Å². The number of hydrogen-bond donors (Lipinski definition) is 1. The number of nitrogens with one attached hydrogen (secondary N) is 1. The zero-order valence-electron chi connectivity index (χ0n) is 16.4. The van der Waals surface area contributed by atoms with Gasteiger partial charge in [-0.05, 0) is 55.8 Å². The second-order valence-electron chi connectivity index (χ2n) is 8.41. The largest absolute Gasteiger partial charge is 0.300 e. The number of rotatable bonds is 7. The lowest BCUT2D eigenvalue weighted by Gasteiger charge is -2.41. The van der Waals surface area contributed by atoms with Gasteiger partial charge >= 0.3 is 0 Å². The second kappa shape index (κ2) is 9.47. The van der Waals surface area contributed by atoms with Gasteiger partial charge in [-0.1, -0.05) is 25.3 Å². The van der Waals surface area contributed by atoms with Crippen molar-refractivity contribution in [1.29, 1.82) is 0 Å². The number of nitrogens with zero attached hydrogens (tertiary/aromatic N) is 4. The van der Waals surface area contributed by atoms with E-state index in [9.17, 15) is 0 Å². The van der Waals surface area contributed by atoms with Gasteiger partial charge in [0, 0.05) is 56.5 Å². The minimum absolute atomic E-state index is 0.764. The summed E-state index contributed by atoms with van der Waals surface area (Å²) in [5.41, 5.74) is 2.48. The molecule has 1 aliphatic carbocycles. The van der Waals surface area contributed by atoms with Gasteiger partial charge < -0.3 is 4.90 Å². The van der Waals surface area contributed by atoms with Crippen molar-refractivity contribution in [3.63, 3.8) is 0 Å². The fourth-order valence-corrected chi connectivity index (χ4v) is 4.94. The molecule has 0 unspecified atom stereocenters. The predicted molar refractivity (Wildman–Crippen MR) is 108 cm³/mol. The first-order chi connectivity index (χ1) is 13.4. The zero-order valence-corrected chi connectivity index (χ0v) is 16.4. The van der Waals surface area contributed by atoms with Crippen molar-refractivity contribution in [2.24, 2.45) is 5.92 Å². The molecule has 1 atom stereocenters. The van der Waals surface area contributed by atoms with Crippen LogP contribution in [0.25, 0.3) is 0 Å². The fourth-order valence-electron chi connectivity index (χ4n) is 4.94. The monoisotopic (exact) mass is 367 g/mol. The molecule has 146 valence electrons. The smallest absolute Gasteiger partial charge is 0.0492 e. The van der Waals surface area contributed by atoms with Crippen molar-refractivity contribution < 1.29 is 0 Å². The van der Waals surface area contributed by atoms with Gasteiger partial charge in [0.2, 0.25) is 0 Å². The Morgan fingerprint density at radius 1 is 1.04 bits per heavy atom. The second-order valence-corrected chi connectivity index (χ2v) is 8.41. The van der Waals surface area contributed by atoms with Crippen molar-refractivity contribution in [2.75, 3.05) is 19.6 Å². The molecule has 1 aliphatic heterocycles. The Morgan fingerprint density at radius 2 is 1.96 bits per heavy atom. The highest BCUT2D eigenvalue weighted by atomic mass is 15.2. The Bertz CT molecular complexity index is 651. The SMILES string of the molecule is c1cncc(CN(Cc2ccn[nH]2)C[C@H]2CCCN(C3CCCCC3)C2)c1. The van der Waals surface area contributed by atoms with Crippen LogP contribution in [-0.2, 0) is 13.1 Å². The van der Waals surface area contributed by atoms with E-state index in [2.05, 4.69) is 37.1 Å². The van der Waals surface area contributed by atoms with Gasteiger partial charge in [-0.3, -0.25) is 15.0 Å². The van der Waals surface area contributed by atoms with Crippen molar-refractivity contribution in [2.45, 2.75) is 64.1 Å². The first-order valence-electron chi connectivity index (χ1n) is 10.7.